The maximum atomic E-state index is 13.2. The molecule has 0 aliphatic carbocycles. The maximum Gasteiger partial charge on any atom is 0.222 e. The van der Waals surface area contributed by atoms with Gasteiger partial charge in [0.2, 0.25) is 5.91 Å². The minimum atomic E-state index is -0.329. The van der Waals surface area contributed by atoms with Gasteiger partial charge in [0.25, 0.3) is 0 Å². The molecule has 1 aromatic carbocycles. The molecule has 166 valence electrons. The van der Waals surface area contributed by atoms with Crippen molar-refractivity contribution < 1.29 is 9.18 Å². The number of anilines is 1. The summed E-state index contributed by atoms with van der Waals surface area (Å²) in [7, 11) is 0. The number of hydrogen-bond donors (Lipinski definition) is 0. The van der Waals surface area contributed by atoms with Crippen LogP contribution in [0, 0.1) is 5.82 Å². The van der Waals surface area contributed by atoms with Gasteiger partial charge >= 0.3 is 0 Å². The molecule has 3 aromatic rings. The van der Waals surface area contributed by atoms with Crippen LogP contribution in [0.1, 0.15) is 49.3 Å². The van der Waals surface area contributed by atoms with Gasteiger partial charge in [0.05, 0.1) is 18.4 Å². The van der Waals surface area contributed by atoms with Crippen molar-refractivity contribution in [3.05, 3.63) is 64.6 Å². The Bertz CT molecular complexity index is 1140. The number of halogens is 2. The second-order valence-electron chi connectivity index (χ2n) is 8.28. The van der Waals surface area contributed by atoms with Crippen molar-refractivity contribution in [3.63, 3.8) is 0 Å². The Labute approximate surface area is 190 Å². The SMILES string of the molecule is CCC(=O)N1Cc2cc(Cl)ccc2-n2c(nnc2C2CCN(c3ccc(F)cn3)CC2)C1. The third-order valence-corrected chi connectivity index (χ3v) is 6.52. The van der Waals surface area contributed by atoms with Gasteiger partial charge in [0.15, 0.2) is 5.82 Å². The number of piperidine rings is 1. The zero-order valence-corrected chi connectivity index (χ0v) is 18.6. The molecule has 0 atom stereocenters. The van der Waals surface area contributed by atoms with E-state index in [2.05, 4.69) is 24.6 Å². The van der Waals surface area contributed by atoms with Crippen molar-refractivity contribution in [3.8, 4) is 5.69 Å². The number of amides is 1. The van der Waals surface area contributed by atoms with E-state index in [1.165, 1.54) is 12.3 Å². The molecule has 4 heterocycles. The van der Waals surface area contributed by atoms with Gasteiger partial charge in [-0.3, -0.25) is 9.36 Å². The van der Waals surface area contributed by atoms with Crippen molar-refractivity contribution in [1.82, 2.24) is 24.6 Å². The van der Waals surface area contributed by atoms with Gasteiger partial charge in [-0.1, -0.05) is 18.5 Å². The first-order valence-electron chi connectivity index (χ1n) is 10.9. The second-order valence-corrected chi connectivity index (χ2v) is 8.72. The lowest BCUT2D eigenvalue weighted by Crippen LogP contribution is -2.34. The lowest BCUT2D eigenvalue weighted by atomic mass is 9.95. The second kappa shape index (κ2) is 8.50. The summed E-state index contributed by atoms with van der Waals surface area (Å²) in [4.78, 5) is 20.7. The third kappa shape index (κ3) is 3.83. The minimum Gasteiger partial charge on any atom is -0.357 e. The van der Waals surface area contributed by atoms with Crippen LogP contribution in [-0.2, 0) is 17.9 Å². The van der Waals surface area contributed by atoms with E-state index >= 15 is 0 Å². The highest BCUT2D eigenvalue weighted by Crippen LogP contribution is 2.34. The molecule has 0 radical (unpaired) electrons. The van der Waals surface area contributed by atoms with Crippen LogP contribution in [0.15, 0.2) is 36.5 Å². The molecular weight excluding hydrogens is 431 g/mol. The standard InChI is InChI=1S/C23H24ClFN6O/c1-2-22(32)30-13-16-11-17(24)3-5-19(16)31-21(14-30)27-28-23(31)15-7-9-29(10-8-15)20-6-4-18(25)12-26-20/h3-6,11-12,15H,2,7-10,13-14H2,1H3. The van der Waals surface area contributed by atoms with Gasteiger partial charge < -0.3 is 9.80 Å². The molecule has 0 N–H and O–H groups in total. The summed E-state index contributed by atoms with van der Waals surface area (Å²) < 4.78 is 15.3. The fourth-order valence-electron chi connectivity index (χ4n) is 4.61. The number of aromatic nitrogens is 4. The van der Waals surface area contributed by atoms with Gasteiger partial charge in [-0.25, -0.2) is 9.37 Å². The van der Waals surface area contributed by atoms with Crippen molar-refractivity contribution >= 4 is 23.3 Å². The average Bonchev–Trinajstić information content (AvgIpc) is 3.15. The number of hydrogen-bond acceptors (Lipinski definition) is 5. The number of nitrogens with zero attached hydrogens (tertiary/aromatic N) is 6. The van der Waals surface area contributed by atoms with Crippen LogP contribution < -0.4 is 4.90 Å². The lowest BCUT2D eigenvalue weighted by Gasteiger charge is -2.32. The average molecular weight is 455 g/mol. The Hall–Kier alpha value is -3.00. The predicted octanol–water partition coefficient (Wildman–Crippen LogP) is 4.09. The number of carbonyl (C=O) groups excluding carboxylic acids is 1. The van der Waals surface area contributed by atoms with Crippen molar-refractivity contribution in [2.24, 2.45) is 0 Å². The summed E-state index contributed by atoms with van der Waals surface area (Å²) in [5.41, 5.74) is 1.98. The molecule has 9 heteroatoms. The first kappa shape index (κ1) is 20.9. The molecule has 1 saturated heterocycles. The van der Waals surface area contributed by atoms with E-state index in [0.717, 1.165) is 54.6 Å². The summed E-state index contributed by atoms with van der Waals surface area (Å²) >= 11 is 6.29. The van der Waals surface area contributed by atoms with E-state index < -0.39 is 0 Å². The number of pyridine rings is 1. The molecule has 1 fully saturated rings. The predicted molar refractivity (Wildman–Crippen MR) is 119 cm³/mol. The zero-order chi connectivity index (χ0) is 22.2. The Kier molecular flexibility index (Phi) is 5.55. The highest BCUT2D eigenvalue weighted by molar-refractivity contribution is 6.30. The molecule has 7 nitrogen and oxygen atoms in total. The molecule has 0 bridgehead atoms. The molecule has 2 aliphatic heterocycles. The molecule has 5 rings (SSSR count). The number of carbonyl (C=O) groups is 1. The summed E-state index contributed by atoms with van der Waals surface area (Å²) in [5.74, 6) is 2.45. The van der Waals surface area contributed by atoms with E-state index in [-0.39, 0.29) is 17.6 Å². The Morgan fingerprint density at radius 1 is 1.16 bits per heavy atom. The van der Waals surface area contributed by atoms with Crippen LogP contribution in [0.25, 0.3) is 5.69 Å². The Morgan fingerprint density at radius 2 is 1.97 bits per heavy atom. The van der Waals surface area contributed by atoms with Gasteiger partial charge in [-0.05, 0) is 48.7 Å². The maximum absolute atomic E-state index is 13.2. The minimum absolute atomic E-state index is 0.0778. The van der Waals surface area contributed by atoms with Crippen LogP contribution >= 0.6 is 11.6 Å². The molecule has 2 aromatic heterocycles. The highest BCUT2D eigenvalue weighted by Gasteiger charge is 2.31. The normalized spacial score (nSPS) is 16.5. The lowest BCUT2D eigenvalue weighted by molar-refractivity contribution is -0.132. The van der Waals surface area contributed by atoms with Crippen LogP contribution in [0.4, 0.5) is 10.2 Å². The van der Waals surface area contributed by atoms with Crippen LogP contribution in [0.5, 0.6) is 0 Å². The molecule has 0 unspecified atom stereocenters. The summed E-state index contributed by atoms with van der Waals surface area (Å²) in [6, 6.07) is 8.95. The first-order chi connectivity index (χ1) is 15.5. The molecule has 2 aliphatic rings. The van der Waals surface area contributed by atoms with Crippen molar-refractivity contribution in [2.75, 3.05) is 18.0 Å². The fourth-order valence-corrected chi connectivity index (χ4v) is 4.81. The van der Waals surface area contributed by atoms with E-state index in [0.29, 0.717) is 24.5 Å². The van der Waals surface area contributed by atoms with Crippen LogP contribution in [-0.4, -0.2) is 43.6 Å². The molecule has 0 saturated carbocycles. The summed E-state index contributed by atoms with van der Waals surface area (Å²) in [6.45, 7) is 4.40. The number of fused-ring (bicyclic) bond motifs is 3. The smallest absolute Gasteiger partial charge is 0.222 e. The molecule has 0 spiro atoms. The largest absolute Gasteiger partial charge is 0.357 e. The Morgan fingerprint density at radius 3 is 2.69 bits per heavy atom. The summed E-state index contributed by atoms with van der Waals surface area (Å²) in [6.07, 6.45) is 3.47. The molecule has 32 heavy (non-hydrogen) atoms. The van der Waals surface area contributed by atoms with E-state index in [4.69, 9.17) is 11.6 Å². The quantitative estimate of drug-likeness (QED) is 0.596. The highest BCUT2D eigenvalue weighted by atomic mass is 35.5. The third-order valence-electron chi connectivity index (χ3n) is 6.28. The Balaban J connectivity index is 1.45. The van der Waals surface area contributed by atoms with E-state index in [1.54, 1.807) is 6.07 Å². The van der Waals surface area contributed by atoms with Crippen LogP contribution in [0.3, 0.4) is 0 Å². The van der Waals surface area contributed by atoms with Gasteiger partial charge in [-0.15, -0.1) is 10.2 Å². The van der Waals surface area contributed by atoms with E-state index in [9.17, 15) is 9.18 Å². The molecule has 1 amide bonds. The fraction of sp³-hybridized carbons (Fsp3) is 0.391. The number of benzene rings is 1. The molecular formula is C23H24ClFN6O. The monoisotopic (exact) mass is 454 g/mol. The van der Waals surface area contributed by atoms with Crippen molar-refractivity contribution in [1.29, 1.82) is 0 Å². The van der Waals surface area contributed by atoms with Crippen molar-refractivity contribution in [2.45, 2.75) is 45.2 Å². The van der Waals surface area contributed by atoms with Crippen LogP contribution in [0.2, 0.25) is 5.02 Å². The first-order valence-corrected chi connectivity index (χ1v) is 11.3. The number of rotatable bonds is 3. The van der Waals surface area contributed by atoms with Gasteiger partial charge in [0, 0.05) is 37.0 Å². The zero-order valence-electron chi connectivity index (χ0n) is 17.8. The van der Waals surface area contributed by atoms with Gasteiger partial charge in [0.1, 0.15) is 17.5 Å². The van der Waals surface area contributed by atoms with Gasteiger partial charge in [-0.2, -0.15) is 0 Å². The van der Waals surface area contributed by atoms with E-state index in [1.807, 2.05) is 30.0 Å². The summed E-state index contributed by atoms with van der Waals surface area (Å²) in [5, 5.41) is 9.70. The topological polar surface area (TPSA) is 67.2 Å².